The Labute approximate surface area is 130 Å². The zero-order valence-electron chi connectivity index (χ0n) is 12.5. The molecule has 0 N–H and O–H groups in total. The summed E-state index contributed by atoms with van der Waals surface area (Å²) in [6.45, 7) is 5.15. The van der Waals surface area contributed by atoms with Gasteiger partial charge in [0.15, 0.2) is 0 Å². The van der Waals surface area contributed by atoms with Gasteiger partial charge in [0.2, 0.25) is 0 Å². The zero-order valence-corrected chi connectivity index (χ0v) is 13.3. The lowest BCUT2D eigenvalue weighted by atomic mass is 10.2. The summed E-state index contributed by atoms with van der Waals surface area (Å²) < 4.78 is 33.3. The smallest absolute Gasteiger partial charge is 0.337 e. The summed E-state index contributed by atoms with van der Waals surface area (Å²) in [6.07, 6.45) is 5.72. The topological polar surface area (TPSA) is 69.7 Å². The first-order valence-corrected chi connectivity index (χ1v) is 7.85. The molecule has 1 aromatic carbocycles. The number of hydrogen-bond donors (Lipinski definition) is 0. The Kier molecular flexibility index (Phi) is 6.75. The van der Waals surface area contributed by atoms with Gasteiger partial charge in [0, 0.05) is 0 Å². The van der Waals surface area contributed by atoms with Crippen LogP contribution in [-0.2, 0) is 23.8 Å². The molecule has 0 fully saturated rings. The standard InChI is InChI=1S/C16H18O5S/c1-4-6-14(16(17)20-3)7-5-12-21-22(18,19)15-10-8-13(2)9-11-15/h4-11H,1,12H2,2-3H3/b7-5-,14-6+. The van der Waals surface area contributed by atoms with Gasteiger partial charge < -0.3 is 4.74 Å². The Morgan fingerprint density at radius 3 is 2.45 bits per heavy atom. The highest BCUT2D eigenvalue weighted by Gasteiger charge is 2.13. The molecular formula is C16H18O5S. The fourth-order valence-corrected chi connectivity index (χ4v) is 2.38. The molecule has 5 nitrogen and oxygen atoms in total. The van der Waals surface area contributed by atoms with E-state index in [1.165, 1.54) is 43.5 Å². The van der Waals surface area contributed by atoms with Crippen LogP contribution in [0.1, 0.15) is 5.56 Å². The van der Waals surface area contributed by atoms with Crippen LogP contribution in [-0.4, -0.2) is 28.1 Å². The second-order valence-electron chi connectivity index (χ2n) is 4.30. The van der Waals surface area contributed by atoms with E-state index in [0.717, 1.165) is 5.56 Å². The van der Waals surface area contributed by atoms with E-state index in [1.807, 2.05) is 6.92 Å². The van der Waals surface area contributed by atoms with Crippen LogP contribution in [0.3, 0.4) is 0 Å². The van der Waals surface area contributed by atoms with Crippen molar-refractivity contribution in [1.82, 2.24) is 0 Å². The van der Waals surface area contributed by atoms with Gasteiger partial charge in [0.1, 0.15) is 0 Å². The SMILES string of the molecule is C=C/C=C(\C=C/COS(=O)(=O)c1ccc(C)cc1)C(=O)OC. The summed E-state index contributed by atoms with van der Waals surface area (Å²) in [7, 11) is -2.56. The maximum atomic E-state index is 11.9. The summed E-state index contributed by atoms with van der Waals surface area (Å²) in [5, 5.41) is 0. The number of ether oxygens (including phenoxy) is 1. The normalized spacial score (nSPS) is 12.4. The average molecular weight is 322 g/mol. The highest BCUT2D eigenvalue weighted by atomic mass is 32.2. The van der Waals surface area contributed by atoms with Crippen molar-refractivity contribution < 1.29 is 22.1 Å². The Hall–Kier alpha value is -2.18. The summed E-state index contributed by atoms with van der Waals surface area (Å²) in [6, 6.07) is 6.33. The van der Waals surface area contributed by atoms with Crippen LogP contribution in [0.5, 0.6) is 0 Å². The molecule has 1 rings (SSSR count). The molecule has 0 unspecified atom stereocenters. The quantitative estimate of drug-likeness (QED) is 0.334. The second-order valence-corrected chi connectivity index (χ2v) is 5.92. The number of aryl methyl sites for hydroxylation is 1. The first kappa shape index (κ1) is 17.9. The van der Waals surface area contributed by atoms with Gasteiger partial charge in [-0.15, -0.1) is 0 Å². The summed E-state index contributed by atoms with van der Waals surface area (Å²) in [4.78, 5) is 11.5. The van der Waals surface area contributed by atoms with Crippen molar-refractivity contribution in [2.45, 2.75) is 11.8 Å². The molecule has 6 heteroatoms. The minimum Gasteiger partial charge on any atom is -0.465 e. The van der Waals surface area contributed by atoms with Crippen molar-refractivity contribution in [2.75, 3.05) is 13.7 Å². The number of benzene rings is 1. The van der Waals surface area contributed by atoms with E-state index in [0.29, 0.717) is 0 Å². The number of hydrogen-bond acceptors (Lipinski definition) is 5. The predicted octanol–water partition coefficient (Wildman–Crippen LogP) is 2.54. The summed E-state index contributed by atoms with van der Waals surface area (Å²) in [5.74, 6) is -0.544. The third-order valence-electron chi connectivity index (χ3n) is 2.64. The second kappa shape index (κ2) is 8.31. The molecule has 0 aliphatic heterocycles. The van der Waals surface area contributed by atoms with Crippen molar-refractivity contribution in [3.05, 3.63) is 66.3 Å². The van der Waals surface area contributed by atoms with E-state index in [9.17, 15) is 13.2 Å². The van der Waals surface area contributed by atoms with Crippen molar-refractivity contribution >= 4 is 16.1 Å². The van der Waals surface area contributed by atoms with Gasteiger partial charge in [-0.25, -0.2) is 4.79 Å². The third kappa shape index (κ3) is 5.31. The van der Waals surface area contributed by atoms with E-state index < -0.39 is 16.1 Å². The number of esters is 1. The van der Waals surface area contributed by atoms with E-state index in [2.05, 4.69) is 11.3 Å². The molecule has 0 heterocycles. The van der Waals surface area contributed by atoms with Crippen LogP contribution < -0.4 is 0 Å². The van der Waals surface area contributed by atoms with Crippen LogP contribution in [0, 0.1) is 6.92 Å². The number of allylic oxidation sites excluding steroid dienone is 2. The fraction of sp³-hybridized carbons (Fsp3) is 0.188. The Balaban J connectivity index is 2.71. The van der Waals surface area contributed by atoms with Crippen molar-refractivity contribution in [1.29, 1.82) is 0 Å². The molecule has 0 atom stereocenters. The van der Waals surface area contributed by atoms with Crippen molar-refractivity contribution in [3.63, 3.8) is 0 Å². The van der Waals surface area contributed by atoms with Crippen LogP contribution in [0.25, 0.3) is 0 Å². The van der Waals surface area contributed by atoms with Gasteiger partial charge in [0.05, 0.1) is 24.2 Å². The molecule has 118 valence electrons. The van der Waals surface area contributed by atoms with Crippen LogP contribution >= 0.6 is 0 Å². The number of carbonyl (C=O) groups is 1. The van der Waals surface area contributed by atoms with E-state index in [-0.39, 0.29) is 17.1 Å². The number of carbonyl (C=O) groups excluding carboxylic acids is 1. The van der Waals surface area contributed by atoms with Gasteiger partial charge in [-0.2, -0.15) is 8.42 Å². The Bertz CT molecular complexity index is 682. The summed E-state index contributed by atoms with van der Waals surface area (Å²) >= 11 is 0. The molecule has 0 amide bonds. The maximum absolute atomic E-state index is 11.9. The molecule has 0 radical (unpaired) electrons. The molecular weight excluding hydrogens is 304 g/mol. The monoisotopic (exact) mass is 322 g/mol. The first-order valence-electron chi connectivity index (χ1n) is 6.44. The predicted molar refractivity (Wildman–Crippen MR) is 83.8 cm³/mol. The third-order valence-corrected chi connectivity index (χ3v) is 3.94. The Morgan fingerprint density at radius 1 is 1.27 bits per heavy atom. The zero-order chi connectivity index (χ0) is 16.6. The molecule has 0 saturated heterocycles. The largest absolute Gasteiger partial charge is 0.465 e. The number of methoxy groups -OCH3 is 1. The molecule has 0 bridgehead atoms. The Morgan fingerprint density at radius 2 is 1.91 bits per heavy atom. The van der Waals surface area contributed by atoms with Gasteiger partial charge >= 0.3 is 5.97 Å². The highest BCUT2D eigenvalue weighted by Crippen LogP contribution is 2.13. The van der Waals surface area contributed by atoms with Crippen LogP contribution in [0.2, 0.25) is 0 Å². The van der Waals surface area contributed by atoms with Gasteiger partial charge in [-0.05, 0) is 31.2 Å². The molecule has 0 spiro atoms. The average Bonchev–Trinajstić information content (AvgIpc) is 2.50. The van der Waals surface area contributed by atoms with Crippen LogP contribution in [0.15, 0.2) is 65.6 Å². The molecule has 0 saturated carbocycles. The van der Waals surface area contributed by atoms with Gasteiger partial charge in [-0.1, -0.05) is 36.4 Å². The molecule has 0 aromatic heterocycles. The maximum Gasteiger partial charge on any atom is 0.337 e. The lowest BCUT2D eigenvalue weighted by Crippen LogP contribution is -2.07. The van der Waals surface area contributed by atoms with Gasteiger partial charge in [0.25, 0.3) is 10.1 Å². The molecule has 1 aromatic rings. The fourth-order valence-electron chi connectivity index (χ4n) is 1.51. The number of rotatable bonds is 7. The van der Waals surface area contributed by atoms with Crippen molar-refractivity contribution in [3.8, 4) is 0 Å². The van der Waals surface area contributed by atoms with Crippen LogP contribution in [0.4, 0.5) is 0 Å². The minimum atomic E-state index is -3.82. The molecule has 0 aliphatic carbocycles. The van der Waals surface area contributed by atoms with Crippen molar-refractivity contribution in [2.24, 2.45) is 0 Å². The lowest BCUT2D eigenvalue weighted by Gasteiger charge is -2.04. The molecule has 22 heavy (non-hydrogen) atoms. The lowest BCUT2D eigenvalue weighted by molar-refractivity contribution is -0.135. The van der Waals surface area contributed by atoms with E-state index in [4.69, 9.17) is 4.18 Å². The van der Waals surface area contributed by atoms with E-state index >= 15 is 0 Å². The summed E-state index contributed by atoms with van der Waals surface area (Å²) in [5.41, 5.74) is 1.20. The molecule has 0 aliphatic rings. The first-order chi connectivity index (χ1) is 10.4. The van der Waals surface area contributed by atoms with Gasteiger partial charge in [-0.3, -0.25) is 4.18 Å². The van der Waals surface area contributed by atoms with E-state index in [1.54, 1.807) is 12.1 Å². The highest BCUT2D eigenvalue weighted by molar-refractivity contribution is 7.86. The minimum absolute atomic E-state index is 0.0846.